The lowest BCUT2D eigenvalue weighted by atomic mass is 10.1. The first-order valence-electron chi connectivity index (χ1n) is 8.76. The van der Waals surface area contributed by atoms with Crippen LogP contribution in [0.5, 0.6) is 5.75 Å². The van der Waals surface area contributed by atoms with Crippen LogP contribution in [0.1, 0.15) is 24.0 Å². The number of carbonyl (C=O) groups is 1. The number of nitrogens with one attached hydrogen (secondary N) is 1. The van der Waals surface area contributed by atoms with Gasteiger partial charge in [0.15, 0.2) is 0 Å². The van der Waals surface area contributed by atoms with Crippen molar-refractivity contribution in [3.05, 3.63) is 59.7 Å². The first-order chi connectivity index (χ1) is 12.1. The van der Waals surface area contributed by atoms with E-state index in [4.69, 9.17) is 4.74 Å². The number of carbonyl (C=O) groups excluding carboxylic acids is 1. The molecule has 0 spiro atoms. The number of nitrogens with zero attached hydrogens (tertiary/aromatic N) is 1. The SMILES string of the molecule is COc1ccc(CCC(=O)NCCCN(C)c2ccccc2)cc1C. The van der Waals surface area contributed by atoms with Gasteiger partial charge in [-0.1, -0.05) is 30.3 Å². The minimum absolute atomic E-state index is 0.107. The summed E-state index contributed by atoms with van der Waals surface area (Å²) in [4.78, 5) is 14.2. The topological polar surface area (TPSA) is 41.6 Å². The summed E-state index contributed by atoms with van der Waals surface area (Å²) in [5, 5.41) is 3.01. The van der Waals surface area contributed by atoms with E-state index in [-0.39, 0.29) is 5.91 Å². The second kappa shape index (κ2) is 9.72. The fourth-order valence-corrected chi connectivity index (χ4v) is 2.80. The molecule has 0 aromatic heterocycles. The second-order valence-corrected chi connectivity index (χ2v) is 6.26. The van der Waals surface area contributed by atoms with Crippen LogP contribution in [0.2, 0.25) is 0 Å². The maximum absolute atomic E-state index is 12.0. The Morgan fingerprint density at radius 2 is 1.92 bits per heavy atom. The van der Waals surface area contributed by atoms with E-state index in [0.29, 0.717) is 13.0 Å². The van der Waals surface area contributed by atoms with Crippen LogP contribution >= 0.6 is 0 Å². The Bertz CT molecular complexity index is 671. The van der Waals surface area contributed by atoms with Crippen molar-refractivity contribution in [3.8, 4) is 5.75 Å². The van der Waals surface area contributed by atoms with Gasteiger partial charge in [-0.15, -0.1) is 0 Å². The van der Waals surface area contributed by atoms with Crippen LogP contribution in [-0.2, 0) is 11.2 Å². The molecule has 2 rings (SSSR count). The minimum Gasteiger partial charge on any atom is -0.496 e. The zero-order chi connectivity index (χ0) is 18.1. The normalized spacial score (nSPS) is 10.4. The highest BCUT2D eigenvalue weighted by molar-refractivity contribution is 5.76. The number of hydrogen-bond acceptors (Lipinski definition) is 3. The van der Waals surface area contributed by atoms with Crippen molar-refractivity contribution in [1.82, 2.24) is 5.32 Å². The number of ether oxygens (including phenoxy) is 1. The second-order valence-electron chi connectivity index (χ2n) is 6.26. The van der Waals surface area contributed by atoms with Crippen molar-refractivity contribution in [2.45, 2.75) is 26.2 Å². The van der Waals surface area contributed by atoms with Crippen molar-refractivity contribution >= 4 is 11.6 Å². The van der Waals surface area contributed by atoms with Crippen molar-refractivity contribution < 1.29 is 9.53 Å². The smallest absolute Gasteiger partial charge is 0.220 e. The third-order valence-electron chi connectivity index (χ3n) is 4.29. The molecule has 1 amide bonds. The molecule has 2 aromatic rings. The summed E-state index contributed by atoms with van der Waals surface area (Å²) in [5.41, 5.74) is 3.46. The van der Waals surface area contributed by atoms with Crippen LogP contribution in [0.25, 0.3) is 0 Å². The van der Waals surface area contributed by atoms with Crippen molar-refractivity contribution in [3.63, 3.8) is 0 Å². The molecule has 0 saturated heterocycles. The maximum atomic E-state index is 12.0. The van der Waals surface area contributed by atoms with Crippen LogP contribution in [0, 0.1) is 6.92 Å². The average Bonchev–Trinajstić information content (AvgIpc) is 2.64. The van der Waals surface area contributed by atoms with E-state index in [2.05, 4.69) is 35.5 Å². The molecule has 134 valence electrons. The molecule has 0 aliphatic heterocycles. The molecule has 0 aliphatic rings. The van der Waals surface area contributed by atoms with E-state index in [9.17, 15) is 4.79 Å². The number of benzene rings is 2. The zero-order valence-electron chi connectivity index (χ0n) is 15.4. The highest BCUT2D eigenvalue weighted by atomic mass is 16.5. The summed E-state index contributed by atoms with van der Waals surface area (Å²) in [6.07, 6.45) is 2.19. The molecule has 0 aliphatic carbocycles. The van der Waals surface area contributed by atoms with Crippen molar-refractivity contribution in [1.29, 1.82) is 0 Å². The number of hydrogen-bond donors (Lipinski definition) is 1. The third kappa shape index (κ3) is 6.14. The molecule has 0 fully saturated rings. The van der Waals surface area contributed by atoms with E-state index in [1.807, 2.05) is 37.3 Å². The molecule has 0 bridgehead atoms. The van der Waals surface area contributed by atoms with Gasteiger partial charge >= 0.3 is 0 Å². The molecule has 0 atom stereocenters. The molecular formula is C21H28N2O2. The minimum atomic E-state index is 0.107. The molecule has 0 heterocycles. The molecule has 4 heteroatoms. The Kier molecular flexibility index (Phi) is 7.33. The van der Waals surface area contributed by atoms with Gasteiger partial charge in [-0.25, -0.2) is 0 Å². The summed E-state index contributed by atoms with van der Waals surface area (Å²) in [6, 6.07) is 16.3. The summed E-state index contributed by atoms with van der Waals surface area (Å²) in [5.74, 6) is 0.992. The lowest BCUT2D eigenvalue weighted by Gasteiger charge is -2.19. The molecule has 1 N–H and O–H groups in total. The molecule has 25 heavy (non-hydrogen) atoms. The Morgan fingerprint density at radius 1 is 1.16 bits per heavy atom. The quantitative estimate of drug-likeness (QED) is 0.710. The Hall–Kier alpha value is -2.49. The molecule has 0 radical (unpaired) electrons. The molecule has 2 aromatic carbocycles. The summed E-state index contributed by atoms with van der Waals surface area (Å²) in [6.45, 7) is 3.64. The highest BCUT2D eigenvalue weighted by Crippen LogP contribution is 2.19. The van der Waals surface area contributed by atoms with E-state index in [1.165, 1.54) is 5.69 Å². The van der Waals surface area contributed by atoms with Gasteiger partial charge in [-0.3, -0.25) is 4.79 Å². The fourth-order valence-electron chi connectivity index (χ4n) is 2.80. The van der Waals surface area contributed by atoms with Gasteiger partial charge in [0.25, 0.3) is 0 Å². The summed E-state index contributed by atoms with van der Waals surface area (Å²) >= 11 is 0. The number of para-hydroxylation sites is 1. The van der Waals surface area contributed by atoms with Crippen molar-refractivity contribution in [2.75, 3.05) is 32.1 Å². The summed E-state index contributed by atoms with van der Waals surface area (Å²) in [7, 11) is 3.74. The van der Waals surface area contributed by atoms with E-state index < -0.39 is 0 Å². The summed E-state index contributed by atoms with van der Waals surface area (Å²) < 4.78 is 5.26. The predicted octanol–water partition coefficient (Wildman–Crippen LogP) is 3.58. The standard InChI is InChI=1S/C21H28N2O2/c1-17-16-18(10-12-20(17)25-3)11-13-21(24)22-14-7-15-23(2)19-8-5-4-6-9-19/h4-6,8-10,12,16H,7,11,13-15H2,1-3H3,(H,22,24). The van der Waals surface area contributed by atoms with Gasteiger partial charge in [0.1, 0.15) is 5.75 Å². The zero-order valence-corrected chi connectivity index (χ0v) is 15.4. The van der Waals surface area contributed by atoms with E-state index in [0.717, 1.165) is 36.3 Å². The van der Waals surface area contributed by atoms with Crippen LogP contribution in [0.3, 0.4) is 0 Å². The van der Waals surface area contributed by atoms with Gasteiger partial charge in [-0.2, -0.15) is 0 Å². The molecular weight excluding hydrogens is 312 g/mol. The molecule has 4 nitrogen and oxygen atoms in total. The maximum Gasteiger partial charge on any atom is 0.220 e. The fraction of sp³-hybridized carbons (Fsp3) is 0.381. The molecule has 0 saturated carbocycles. The van der Waals surface area contributed by atoms with Gasteiger partial charge < -0.3 is 15.0 Å². The number of aryl methyl sites for hydroxylation is 2. The van der Waals surface area contributed by atoms with E-state index >= 15 is 0 Å². The van der Waals surface area contributed by atoms with Crippen molar-refractivity contribution in [2.24, 2.45) is 0 Å². The third-order valence-corrected chi connectivity index (χ3v) is 4.29. The van der Waals surface area contributed by atoms with Gasteiger partial charge in [0, 0.05) is 32.2 Å². The predicted molar refractivity (Wildman–Crippen MR) is 103 cm³/mol. The number of methoxy groups -OCH3 is 1. The van der Waals surface area contributed by atoms with Crippen LogP contribution in [0.4, 0.5) is 5.69 Å². The van der Waals surface area contributed by atoms with Gasteiger partial charge in [0.05, 0.1) is 7.11 Å². The lowest BCUT2D eigenvalue weighted by molar-refractivity contribution is -0.121. The van der Waals surface area contributed by atoms with Gasteiger partial charge in [-0.05, 0) is 49.1 Å². The van der Waals surface area contributed by atoms with E-state index in [1.54, 1.807) is 7.11 Å². The van der Waals surface area contributed by atoms with Crippen LogP contribution in [-0.4, -0.2) is 33.2 Å². The number of rotatable bonds is 9. The number of anilines is 1. The molecule has 0 unspecified atom stereocenters. The Labute approximate surface area is 150 Å². The van der Waals surface area contributed by atoms with Crippen LogP contribution in [0.15, 0.2) is 48.5 Å². The average molecular weight is 340 g/mol. The first-order valence-corrected chi connectivity index (χ1v) is 8.76. The Morgan fingerprint density at radius 3 is 2.60 bits per heavy atom. The highest BCUT2D eigenvalue weighted by Gasteiger charge is 2.05. The van der Waals surface area contributed by atoms with Gasteiger partial charge in [0.2, 0.25) is 5.91 Å². The number of amides is 1. The van der Waals surface area contributed by atoms with Crippen LogP contribution < -0.4 is 15.0 Å². The largest absolute Gasteiger partial charge is 0.496 e. The first kappa shape index (κ1) is 18.8. The lowest BCUT2D eigenvalue weighted by Crippen LogP contribution is -2.28. The monoisotopic (exact) mass is 340 g/mol. The Balaban J connectivity index is 1.65.